The van der Waals surface area contributed by atoms with Crippen LogP contribution in [-0.2, 0) is 16.0 Å². The first-order chi connectivity index (χ1) is 9.10. The van der Waals surface area contributed by atoms with Gasteiger partial charge in [-0.05, 0) is 25.1 Å². The topological polar surface area (TPSA) is 65.2 Å². The lowest BCUT2D eigenvalue weighted by atomic mass is 10.2. The monoisotopic (exact) mass is 300 g/mol. The summed E-state index contributed by atoms with van der Waals surface area (Å²) in [5, 5.41) is 4.62. The average molecular weight is 301 g/mol. The van der Waals surface area contributed by atoms with Gasteiger partial charge in [0.05, 0.1) is 16.7 Å². The molecule has 0 spiro atoms. The third-order valence-corrected chi connectivity index (χ3v) is 2.99. The fourth-order valence-corrected chi connectivity index (χ4v) is 1.71. The molecule has 0 bridgehead atoms. The minimum atomic E-state index is -0.410. The van der Waals surface area contributed by atoms with Crippen LogP contribution in [-0.4, -0.2) is 22.7 Å². The van der Waals surface area contributed by atoms with E-state index < -0.39 is 5.97 Å². The molecule has 0 aliphatic rings. The predicted molar refractivity (Wildman–Crippen MR) is 70.1 cm³/mol. The molecule has 2 aromatic rings. The van der Waals surface area contributed by atoms with Crippen molar-refractivity contribution in [3.05, 3.63) is 34.1 Å². The van der Waals surface area contributed by atoms with Crippen LogP contribution in [0.5, 0.6) is 0 Å². The van der Waals surface area contributed by atoms with E-state index >= 15 is 0 Å². The van der Waals surface area contributed by atoms with E-state index in [4.69, 9.17) is 32.5 Å². The minimum absolute atomic E-state index is 0.0534. The van der Waals surface area contributed by atoms with Crippen molar-refractivity contribution in [3.8, 4) is 11.4 Å². The van der Waals surface area contributed by atoms with Gasteiger partial charge in [0.2, 0.25) is 11.7 Å². The fourth-order valence-electron chi connectivity index (χ4n) is 1.41. The molecule has 2 rings (SSSR count). The molecule has 0 N–H and O–H groups in total. The first-order valence-electron chi connectivity index (χ1n) is 5.53. The average Bonchev–Trinajstić information content (AvgIpc) is 2.81. The van der Waals surface area contributed by atoms with Crippen LogP contribution in [0, 0.1) is 0 Å². The number of benzene rings is 1. The van der Waals surface area contributed by atoms with Gasteiger partial charge in [0, 0.05) is 5.56 Å². The second-order valence-corrected chi connectivity index (χ2v) is 4.44. The van der Waals surface area contributed by atoms with Gasteiger partial charge in [0.25, 0.3) is 0 Å². The normalized spacial score (nSPS) is 10.5. The standard InChI is InChI=1S/C12H10Cl2N2O3/c1-2-18-11(17)6-10-15-12(16-19-10)7-3-4-8(13)9(14)5-7/h3-5H,2,6H2,1H3. The van der Waals surface area contributed by atoms with Crippen LogP contribution in [0.4, 0.5) is 0 Å². The molecule has 1 aromatic heterocycles. The first-order valence-corrected chi connectivity index (χ1v) is 6.29. The highest BCUT2D eigenvalue weighted by atomic mass is 35.5. The van der Waals surface area contributed by atoms with Crippen molar-refractivity contribution in [1.29, 1.82) is 0 Å². The molecule has 0 aliphatic carbocycles. The number of esters is 1. The number of hydrogen-bond acceptors (Lipinski definition) is 5. The van der Waals surface area contributed by atoms with E-state index in [0.717, 1.165) is 0 Å². The number of ether oxygens (including phenoxy) is 1. The highest BCUT2D eigenvalue weighted by Gasteiger charge is 2.13. The number of nitrogens with zero attached hydrogens (tertiary/aromatic N) is 2. The lowest BCUT2D eigenvalue weighted by Gasteiger charge is -1.97. The third-order valence-electron chi connectivity index (χ3n) is 2.25. The Bertz CT molecular complexity index is 598. The van der Waals surface area contributed by atoms with Crippen LogP contribution < -0.4 is 0 Å². The fraction of sp³-hybridized carbons (Fsp3) is 0.250. The zero-order valence-electron chi connectivity index (χ0n) is 10.0. The van der Waals surface area contributed by atoms with Crippen LogP contribution >= 0.6 is 23.2 Å². The number of aromatic nitrogens is 2. The van der Waals surface area contributed by atoms with Crippen molar-refractivity contribution in [2.45, 2.75) is 13.3 Å². The van der Waals surface area contributed by atoms with Gasteiger partial charge >= 0.3 is 5.97 Å². The largest absolute Gasteiger partial charge is 0.466 e. The Morgan fingerprint density at radius 2 is 2.16 bits per heavy atom. The molecule has 7 heteroatoms. The van der Waals surface area contributed by atoms with Crippen molar-refractivity contribution >= 4 is 29.2 Å². The van der Waals surface area contributed by atoms with Gasteiger partial charge in [-0.2, -0.15) is 4.98 Å². The molecule has 1 aromatic carbocycles. The Labute approximate surface area is 119 Å². The Balaban J connectivity index is 2.16. The van der Waals surface area contributed by atoms with E-state index in [2.05, 4.69) is 10.1 Å². The number of carbonyl (C=O) groups is 1. The van der Waals surface area contributed by atoms with E-state index in [1.165, 1.54) is 0 Å². The zero-order valence-corrected chi connectivity index (χ0v) is 11.5. The number of hydrogen-bond donors (Lipinski definition) is 0. The molecule has 19 heavy (non-hydrogen) atoms. The Morgan fingerprint density at radius 3 is 2.84 bits per heavy atom. The molecule has 0 fully saturated rings. The SMILES string of the molecule is CCOC(=O)Cc1nc(-c2ccc(Cl)c(Cl)c2)no1. The lowest BCUT2D eigenvalue weighted by Crippen LogP contribution is -2.07. The molecular formula is C12H10Cl2N2O3. The van der Waals surface area contributed by atoms with E-state index in [-0.39, 0.29) is 12.3 Å². The molecule has 0 atom stereocenters. The van der Waals surface area contributed by atoms with Crippen molar-refractivity contribution in [1.82, 2.24) is 10.1 Å². The smallest absolute Gasteiger partial charge is 0.315 e. The molecule has 5 nitrogen and oxygen atoms in total. The predicted octanol–water partition coefficient (Wildman–Crippen LogP) is 3.15. The second-order valence-electron chi connectivity index (χ2n) is 3.62. The third kappa shape index (κ3) is 3.45. The summed E-state index contributed by atoms with van der Waals surface area (Å²) < 4.78 is 9.76. The van der Waals surface area contributed by atoms with E-state index in [0.29, 0.717) is 28.0 Å². The van der Waals surface area contributed by atoms with Crippen LogP contribution in [0.15, 0.2) is 22.7 Å². The highest BCUT2D eigenvalue weighted by molar-refractivity contribution is 6.42. The Hall–Kier alpha value is -1.59. The van der Waals surface area contributed by atoms with E-state index in [1.54, 1.807) is 25.1 Å². The van der Waals surface area contributed by atoms with Gasteiger partial charge in [0.15, 0.2) is 0 Å². The highest BCUT2D eigenvalue weighted by Crippen LogP contribution is 2.27. The van der Waals surface area contributed by atoms with E-state index in [9.17, 15) is 4.79 Å². The van der Waals surface area contributed by atoms with Gasteiger partial charge in [-0.15, -0.1) is 0 Å². The molecule has 0 amide bonds. The minimum Gasteiger partial charge on any atom is -0.466 e. The van der Waals surface area contributed by atoms with Crippen LogP contribution in [0.2, 0.25) is 10.0 Å². The molecule has 0 aliphatic heterocycles. The van der Waals surface area contributed by atoms with Gasteiger partial charge in [-0.3, -0.25) is 4.79 Å². The molecule has 0 unspecified atom stereocenters. The lowest BCUT2D eigenvalue weighted by molar-refractivity contribution is -0.142. The maximum atomic E-state index is 11.3. The quantitative estimate of drug-likeness (QED) is 0.812. The zero-order chi connectivity index (χ0) is 13.8. The first kappa shape index (κ1) is 13.8. The van der Waals surface area contributed by atoms with Crippen LogP contribution in [0.1, 0.15) is 12.8 Å². The summed E-state index contributed by atoms with van der Waals surface area (Å²) in [6.07, 6.45) is -0.0534. The maximum absolute atomic E-state index is 11.3. The number of rotatable bonds is 4. The summed E-state index contributed by atoms with van der Waals surface area (Å²) in [5.41, 5.74) is 0.660. The second kappa shape index (κ2) is 6.04. The summed E-state index contributed by atoms with van der Waals surface area (Å²) in [6.45, 7) is 2.04. The van der Waals surface area contributed by atoms with Crippen molar-refractivity contribution in [2.24, 2.45) is 0 Å². The van der Waals surface area contributed by atoms with Crippen molar-refractivity contribution < 1.29 is 14.1 Å². The summed E-state index contributed by atoms with van der Waals surface area (Å²) in [7, 11) is 0. The molecule has 0 saturated carbocycles. The van der Waals surface area contributed by atoms with Crippen molar-refractivity contribution in [3.63, 3.8) is 0 Å². The Morgan fingerprint density at radius 1 is 1.37 bits per heavy atom. The van der Waals surface area contributed by atoms with Gasteiger partial charge < -0.3 is 9.26 Å². The maximum Gasteiger partial charge on any atom is 0.315 e. The molecule has 1 heterocycles. The summed E-state index contributed by atoms with van der Waals surface area (Å²) in [6, 6.07) is 4.98. The number of halogens is 2. The Kier molecular flexibility index (Phi) is 4.39. The van der Waals surface area contributed by atoms with Crippen LogP contribution in [0.3, 0.4) is 0 Å². The molecule has 0 saturated heterocycles. The summed E-state index contributed by atoms with van der Waals surface area (Å²) in [4.78, 5) is 15.4. The van der Waals surface area contributed by atoms with Crippen LogP contribution in [0.25, 0.3) is 11.4 Å². The molecule has 100 valence electrons. The van der Waals surface area contributed by atoms with Gasteiger partial charge in [0.1, 0.15) is 6.42 Å². The molecule has 0 radical (unpaired) electrons. The summed E-state index contributed by atoms with van der Waals surface area (Å²) >= 11 is 11.7. The van der Waals surface area contributed by atoms with Gasteiger partial charge in [-0.25, -0.2) is 0 Å². The molecular weight excluding hydrogens is 291 g/mol. The van der Waals surface area contributed by atoms with E-state index in [1.807, 2.05) is 0 Å². The van der Waals surface area contributed by atoms with Crippen molar-refractivity contribution in [2.75, 3.05) is 6.61 Å². The summed E-state index contributed by atoms with van der Waals surface area (Å²) in [5.74, 6) is 0.129. The number of carbonyl (C=O) groups excluding carboxylic acids is 1. The van der Waals surface area contributed by atoms with Gasteiger partial charge in [-0.1, -0.05) is 28.4 Å².